The third-order valence-corrected chi connectivity index (χ3v) is 5.80. The van der Waals surface area contributed by atoms with Crippen molar-refractivity contribution in [3.63, 3.8) is 0 Å². The number of guanidine groups is 1. The molecule has 1 aliphatic heterocycles. The quantitative estimate of drug-likeness (QED) is 0.374. The van der Waals surface area contributed by atoms with Crippen LogP contribution in [0.5, 0.6) is 0 Å². The second-order valence-electron chi connectivity index (χ2n) is 6.76. The molecule has 144 valence electrons. The third kappa shape index (κ3) is 7.02. The molecule has 2 rings (SSSR count). The van der Waals surface area contributed by atoms with E-state index in [2.05, 4.69) is 48.2 Å². The number of piperidine rings is 1. The molecule has 0 amide bonds. The van der Waals surface area contributed by atoms with Crippen LogP contribution in [0.3, 0.4) is 0 Å². The Labute approximate surface area is 174 Å². The van der Waals surface area contributed by atoms with Crippen LogP contribution in [-0.2, 0) is 12.8 Å². The van der Waals surface area contributed by atoms with Crippen molar-refractivity contribution in [1.82, 2.24) is 20.5 Å². The van der Waals surface area contributed by atoms with Gasteiger partial charge >= 0.3 is 0 Å². The number of halogens is 1. The summed E-state index contributed by atoms with van der Waals surface area (Å²) in [6, 6.07) is 1.18. The first-order valence-electron chi connectivity index (χ1n) is 9.19. The molecule has 0 aromatic carbocycles. The van der Waals surface area contributed by atoms with Crippen LogP contribution < -0.4 is 10.6 Å². The van der Waals surface area contributed by atoms with Gasteiger partial charge in [-0.1, -0.05) is 6.92 Å². The molecule has 2 heterocycles. The number of hydrogen-bond acceptors (Lipinski definition) is 4. The molecule has 0 aliphatic carbocycles. The largest absolute Gasteiger partial charge is 0.356 e. The molecule has 0 bridgehead atoms. The Morgan fingerprint density at radius 1 is 1.36 bits per heavy atom. The molecule has 0 saturated carbocycles. The van der Waals surface area contributed by atoms with Crippen molar-refractivity contribution in [2.24, 2.45) is 4.99 Å². The lowest BCUT2D eigenvalue weighted by Crippen LogP contribution is -2.50. The molecule has 1 saturated heterocycles. The fourth-order valence-corrected chi connectivity index (χ4v) is 4.18. The van der Waals surface area contributed by atoms with Gasteiger partial charge in [-0.3, -0.25) is 4.99 Å². The van der Waals surface area contributed by atoms with Crippen molar-refractivity contribution in [2.75, 3.05) is 26.7 Å². The van der Waals surface area contributed by atoms with Gasteiger partial charge < -0.3 is 15.5 Å². The molecule has 1 aromatic heterocycles. The molecular formula is C18H34IN5S. The van der Waals surface area contributed by atoms with Crippen molar-refractivity contribution in [3.8, 4) is 0 Å². The summed E-state index contributed by atoms with van der Waals surface area (Å²) >= 11 is 1.82. The van der Waals surface area contributed by atoms with E-state index in [9.17, 15) is 0 Å². The first-order valence-corrected chi connectivity index (χ1v) is 10.0. The lowest BCUT2D eigenvalue weighted by molar-refractivity contribution is 0.167. The van der Waals surface area contributed by atoms with Gasteiger partial charge in [0.2, 0.25) is 0 Å². The number of likely N-dealkylation sites (tertiary alicyclic amines) is 1. The molecule has 1 aliphatic rings. The van der Waals surface area contributed by atoms with Crippen molar-refractivity contribution in [3.05, 3.63) is 15.6 Å². The Bertz CT molecular complexity index is 536. The van der Waals surface area contributed by atoms with E-state index in [0.29, 0.717) is 12.1 Å². The predicted octanol–water partition coefficient (Wildman–Crippen LogP) is 3.21. The van der Waals surface area contributed by atoms with Gasteiger partial charge in [0.1, 0.15) is 0 Å². The first kappa shape index (κ1) is 22.6. The van der Waals surface area contributed by atoms with Crippen LogP contribution in [0.15, 0.2) is 4.99 Å². The van der Waals surface area contributed by atoms with Gasteiger partial charge in [0, 0.05) is 50.1 Å². The summed E-state index contributed by atoms with van der Waals surface area (Å²) in [4.78, 5) is 13.0. The number of thiazole rings is 1. The fraction of sp³-hybridized carbons (Fsp3) is 0.778. The number of aromatic nitrogens is 1. The smallest absolute Gasteiger partial charge is 0.191 e. The maximum Gasteiger partial charge on any atom is 0.191 e. The van der Waals surface area contributed by atoms with Gasteiger partial charge in [-0.15, -0.1) is 35.3 Å². The molecule has 2 N–H and O–H groups in total. The zero-order valence-electron chi connectivity index (χ0n) is 16.3. The second-order valence-corrected chi connectivity index (χ2v) is 8.05. The topological polar surface area (TPSA) is 52.6 Å². The van der Waals surface area contributed by atoms with E-state index in [1.54, 1.807) is 0 Å². The summed E-state index contributed by atoms with van der Waals surface area (Å²) in [5, 5.41) is 8.23. The number of rotatable bonds is 6. The predicted molar refractivity (Wildman–Crippen MR) is 120 cm³/mol. The fourth-order valence-electron chi connectivity index (χ4n) is 3.16. The SMILES string of the molecule is CCc1nc(CCNC(=NC)NC2CCN(C(C)C)CC2)sc1C.I. The van der Waals surface area contributed by atoms with Gasteiger partial charge in [0.05, 0.1) is 10.7 Å². The average molecular weight is 479 g/mol. The number of hydrogen-bond donors (Lipinski definition) is 2. The Kier molecular flexibility index (Phi) is 10.3. The molecule has 0 spiro atoms. The number of nitrogens with zero attached hydrogens (tertiary/aromatic N) is 3. The number of nitrogens with one attached hydrogen (secondary N) is 2. The average Bonchev–Trinajstić information content (AvgIpc) is 2.94. The summed E-state index contributed by atoms with van der Waals surface area (Å²) < 4.78 is 0. The van der Waals surface area contributed by atoms with Crippen LogP contribution in [-0.4, -0.2) is 54.6 Å². The summed E-state index contributed by atoms with van der Waals surface area (Å²) in [5.74, 6) is 0.919. The second kappa shape index (κ2) is 11.3. The minimum Gasteiger partial charge on any atom is -0.356 e. The van der Waals surface area contributed by atoms with Gasteiger partial charge in [-0.25, -0.2) is 4.98 Å². The van der Waals surface area contributed by atoms with Crippen LogP contribution in [0.4, 0.5) is 0 Å². The van der Waals surface area contributed by atoms with E-state index in [1.165, 1.54) is 41.5 Å². The highest BCUT2D eigenvalue weighted by Crippen LogP contribution is 2.18. The Morgan fingerprint density at radius 3 is 2.56 bits per heavy atom. The Hall–Kier alpha value is -0.410. The summed E-state index contributed by atoms with van der Waals surface area (Å²) in [6.07, 6.45) is 4.35. The molecule has 25 heavy (non-hydrogen) atoms. The van der Waals surface area contributed by atoms with Crippen LogP contribution in [0.1, 0.15) is 49.2 Å². The van der Waals surface area contributed by atoms with Crippen molar-refractivity contribution in [1.29, 1.82) is 0 Å². The minimum atomic E-state index is 0. The van der Waals surface area contributed by atoms with Gasteiger partial charge in [0.25, 0.3) is 0 Å². The lowest BCUT2D eigenvalue weighted by atomic mass is 10.0. The van der Waals surface area contributed by atoms with Crippen LogP contribution >= 0.6 is 35.3 Å². The van der Waals surface area contributed by atoms with Crippen LogP contribution in [0, 0.1) is 6.92 Å². The molecule has 0 unspecified atom stereocenters. The molecular weight excluding hydrogens is 445 g/mol. The van der Waals surface area contributed by atoms with Crippen LogP contribution in [0.25, 0.3) is 0 Å². The van der Waals surface area contributed by atoms with Crippen molar-refractivity contribution < 1.29 is 0 Å². The van der Waals surface area contributed by atoms with Crippen molar-refractivity contribution >= 4 is 41.3 Å². The Morgan fingerprint density at radius 2 is 2.04 bits per heavy atom. The highest BCUT2D eigenvalue weighted by molar-refractivity contribution is 14.0. The normalized spacial score (nSPS) is 16.8. The highest BCUT2D eigenvalue weighted by Gasteiger charge is 2.21. The zero-order chi connectivity index (χ0) is 17.5. The maximum absolute atomic E-state index is 4.70. The molecule has 1 aromatic rings. The van der Waals surface area contributed by atoms with Gasteiger partial charge in [0.15, 0.2) is 5.96 Å². The van der Waals surface area contributed by atoms with Crippen LogP contribution in [0.2, 0.25) is 0 Å². The highest BCUT2D eigenvalue weighted by atomic mass is 127. The maximum atomic E-state index is 4.70. The van der Waals surface area contributed by atoms with E-state index in [-0.39, 0.29) is 24.0 Å². The molecule has 7 heteroatoms. The zero-order valence-corrected chi connectivity index (χ0v) is 19.4. The summed E-state index contributed by atoms with van der Waals surface area (Å²) in [7, 11) is 1.85. The summed E-state index contributed by atoms with van der Waals surface area (Å²) in [5.41, 5.74) is 1.24. The van der Waals surface area contributed by atoms with E-state index < -0.39 is 0 Å². The third-order valence-electron chi connectivity index (χ3n) is 4.73. The van der Waals surface area contributed by atoms with E-state index >= 15 is 0 Å². The monoisotopic (exact) mass is 479 g/mol. The molecule has 5 nitrogen and oxygen atoms in total. The first-order chi connectivity index (χ1) is 11.5. The lowest BCUT2D eigenvalue weighted by Gasteiger charge is -2.35. The van der Waals surface area contributed by atoms with Gasteiger partial charge in [-0.05, 0) is 40.0 Å². The van der Waals surface area contributed by atoms with E-state index in [4.69, 9.17) is 4.98 Å². The van der Waals surface area contributed by atoms with E-state index in [0.717, 1.165) is 25.3 Å². The van der Waals surface area contributed by atoms with E-state index in [1.807, 2.05) is 18.4 Å². The molecule has 0 atom stereocenters. The number of aryl methyl sites for hydroxylation is 2. The standard InChI is InChI=1S/C18H33N5S.HI/c1-6-16-14(4)24-17(22-16)7-10-20-18(19-5)21-15-8-11-23(12-9-15)13(2)3;/h13,15H,6-12H2,1-5H3,(H2,19,20,21);1H. The minimum absolute atomic E-state index is 0. The van der Waals surface area contributed by atoms with Crippen molar-refractivity contribution in [2.45, 2.75) is 65.5 Å². The molecule has 0 radical (unpaired) electrons. The number of aliphatic imine (C=N–C) groups is 1. The van der Waals surface area contributed by atoms with Gasteiger partial charge in [-0.2, -0.15) is 0 Å². The molecule has 1 fully saturated rings. The Balaban J connectivity index is 0.00000312. The summed E-state index contributed by atoms with van der Waals surface area (Å²) in [6.45, 7) is 12.1.